The van der Waals surface area contributed by atoms with Gasteiger partial charge in [0.15, 0.2) is 0 Å². The van der Waals surface area contributed by atoms with Gasteiger partial charge < -0.3 is 15.4 Å². The van der Waals surface area contributed by atoms with E-state index in [2.05, 4.69) is 10.6 Å². The fourth-order valence-corrected chi connectivity index (χ4v) is 2.18. The van der Waals surface area contributed by atoms with Crippen LogP contribution < -0.4 is 15.4 Å². The quantitative estimate of drug-likeness (QED) is 0.491. The summed E-state index contributed by atoms with van der Waals surface area (Å²) < 4.78 is 5.16. The highest BCUT2D eigenvalue weighted by Crippen LogP contribution is 2.25. The molecule has 2 rings (SSSR count). The highest BCUT2D eigenvalue weighted by atomic mass is 16.6. The van der Waals surface area contributed by atoms with Crippen LogP contribution in [0.3, 0.4) is 0 Å². The Morgan fingerprint density at radius 2 is 1.88 bits per heavy atom. The minimum absolute atomic E-state index is 0.0342. The van der Waals surface area contributed by atoms with E-state index in [9.17, 15) is 19.7 Å². The molecule has 0 spiro atoms. The van der Waals surface area contributed by atoms with Gasteiger partial charge in [0.05, 0.1) is 12.0 Å². The lowest BCUT2D eigenvalue weighted by Crippen LogP contribution is -2.35. The fraction of sp³-hybridized carbons (Fsp3) is 0.176. The zero-order valence-corrected chi connectivity index (χ0v) is 13.7. The topological polar surface area (TPSA) is 111 Å². The van der Waals surface area contributed by atoms with Crippen molar-refractivity contribution in [2.24, 2.45) is 0 Å². The molecule has 0 bridgehead atoms. The molecule has 25 heavy (non-hydrogen) atoms. The van der Waals surface area contributed by atoms with Crippen LogP contribution in [-0.4, -0.2) is 23.8 Å². The maximum atomic E-state index is 12.0. The molecule has 2 aromatic carbocycles. The second kappa shape index (κ2) is 7.91. The van der Waals surface area contributed by atoms with Crippen molar-refractivity contribution in [3.63, 3.8) is 0 Å². The number of rotatable bonds is 5. The van der Waals surface area contributed by atoms with Gasteiger partial charge in [-0.1, -0.05) is 24.3 Å². The lowest BCUT2D eigenvalue weighted by molar-refractivity contribution is -0.384. The number of anilines is 1. The Labute approximate surface area is 144 Å². The van der Waals surface area contributed by atoms with E-state index >= 15 is 0 Å². The van der Waals surface area contributed by atoms with Crippen molar-refractivity contribution in [1.82, 2.24) is 5.32 Å². The molecule has 0 unspecified atom stereocenters. The van der Waals surface area contributed by atoms with E-state index in [-0.39, 0.29) is 17.9 Å². The summed E-state index contributed by atoms with van der Waals surface area (Å²) >= 11 is 0. The van der Waals surface area contributed by atoms with Crippen molar-refractivity contribution >= 4 is 23.2 Å². The Kier molecular flexibility index (Phi) is 5.67. The fourth-order valence-electron chi connectivity index (χ4n) is 2.18. The number of aryl methyl sites for hydroxylation is 1. The zero-order chi connectivity index (χ0) is 18.4. The number of carbonyl (C=O) groups is 2. The molecule has 130 valence electrons. The van der Waals surface area contributed by atoms with Crippen LogP contribution in [0.4, 0.5) is 11.4 Å². The number of methoxy groups -OCH3 is 1. The summed E-state index contributed by atoms with van der Waals surface area (Å²) in [7, 11) is 1.50. The number of ether oxygens (including phenoxy) is 1. The van der Waals surface area contributed by atoms with Gasteiger partial charge in [-0.3, -0.25) is 19.7 Å². The lowest BCUT2D eigenvalue weighted by Gasteiger charge is -2.10. The number of amides is 2. The predicted molar refractivity (Wildman–Crippen MR) is 91.3 cm³/mol. The van der Waals surface area contributed by atoms with Gasteiger partial charge in [0, 0.05) is 18.2 Å². The summed E-state index contributed by atoms with van der Waals surface area (Å²) in [6.45, 7) is 1.78. The Balaban J connectivity index is 2.04. The Morgan fingerprint density at radius 1 is 1.16 bits per heavy atom. The molecule has 2 amide bonds. The second-order valence-electron chi connectivity index (χ2n) is 5.23. The number of nitro groups is 1. The summed E-state index contributed by atoms with van der Waals surface area (Å²) in [5.74, 6) is -1.31. The standard InChI is InChI=1S/C17H17N3O5/c1-11-7-8-13(14(9-11)20(23)24)19-17(22)16(21)18-10-12-5-3-4-6-15(12)25-2/h3-9H,10H2,1-2H3,(H,18,21)(H,19,22). The molecule has 0 fully saturated rings. The van der Waals surface area contributed by atoms with Crippen LogP contribution in [0.2, 0.25) is 0 Å². The molecule has 0 saturated carbocycles. The van der Waals surface area contributed by atoms with Gasteiger partial charge in [-0.15, -0.1) is 0 Å². The average molecular weight is 343 g/mol. The summed E-state index contributed by atoms with van der Waals surface area (Å²) in [4.78, 5) is 34.3. The number of hydrogen-bond acceptors (Lipinski definition) is 5. The second-order valence-corrected chi connectivity index (χ2v) is 5.23. The Morgan fingerprint density at radius 3 is 2.56 bits per heavy atom. The van der Waals surface area contributed by atoms with Crippen molar-refractivity contribution in [2.75, 3.05) is 12.4 Å². The largest absolute Gasteiger partial charge is 0.496 e. The number of benzene rings is 2. The lowest BCUT2D eigenvalue weighted by atomic mass is 10.2. The van der Waals surface area contributed by atoms with Crippen LogP contribution >= 0.6 is 0 Å². The molecule has 2 aromatic rings. The molecule has 8 nitrogen and oxygen atoms in total. The first-order valence-corrected chi connectivity index (χ1v) is 7.38. The van der Waals surface area contributed by atoms with Gasteiger partial charge in [-0.25, -0.2) is 0 Å². The molecule has 0 aliphatic carbocycles. The molecule has 0 radical (unpaired) electrons. The third-order valence-corrected chi connectivity index (χ3v) is 3.44. The van der Waals surface area contributed by atoms with E-state index < -0.39 is 16.7 Å². The average Bonchev–Trinajstić information content (AvgIpc) is 2.61. The van der Waals surface area contributed by atoms with Crippen LogP contribution in [0.15, 0.2) is 42.5 Å². The smallest absolute Gasteiger partial charge is 0.313 e. The first-order valence-electron chi connectivity index (χ1n) is 7.38. The van der Waals surface area contributed by atoms with E-state index in [0.717, 1.165) is 0 Å². The molecule has 0 aliphatic heterocycles. The minimum atomic E-state index is -0.984. The summed E-state index contributed by atoms with van der Waals surface area (Å²) in [6.07, 6.45) is 0. The van der Waals surface area contributed by atoms with Crippen molar-refractivity contribution in [3.05, 3.63) is 63.7 Å². The van der Waals surface area contributed by atoms with Crippen molar-refractivity contribution in [3.8, 4) is 5.75 Å². The highest BCUT2D eigenvalue weighted by Gasteiger charge is 2.20. The maximum absolute atomic E-state index is 12.0. The Hall–Kier alpha value is -3.42. The molecule has 0 aliphatic rings. The van der Waals surface area contributed by atoms with E-state index in [4.69, 9.17) is 4.74 Å². The first-order chi connectivity index (χ1) is 11.9. The minimum Gasteiger partial charge on any atom is -0.496 e. The number of nitrogens with one attached hydrogen (secondary N) is 2. The van der Waals surface area contributed by atoms with E-state index in [1.165, 1.54) is 19.2 Å². The van der Waals surface area contributed by atoms with Crippen LogP contribution in [0.25, 0.3) is 0 Å². The van der Waals surface area contributed by atoms with Crippen LogP contribution in [0, 0.1) is 17.0 Å². The molecular weight excluding hydrogens is 326 g/mol. The van der Waals surface area contributed by atoms with Gasteiger partial charge in [-0.05, 0) is 24.6 Å². The summed E-state index contributed by atoms with van der Waals surface area (Å²) in [6, 6.07) is 11.4. The molecule has 0 saturated heterocycles. The molecule has 8 heteroatoms. The van der Waals surface area contributed by atoms with E-state index in [1.54, 1.807) is 37.3 Å². The number of para-hydroxylation sites is 1. The summed E-state index contributed by atoms with van der Waals surface area (Å²) in [5.41, 5.74) is 1.07. The predicted octanol–water partition coefficient (Wildman–Crippen LogP) is 2.17. The van der Waals surface area contributed by atoms with Gasteiger partial charge in [0.25, 0.3) is 5.69 Å². The molecule has 0 heterocycles. The number of hydrogen-bond donors (Lipinski definition) is 2. The van der Waals surface area contributed by atoms with Gasteiger partial charge >= 0.3 is 11.8 Å². The van der Waals surface area contributed by atoms with Crippen molar-refractivity contribution in [2.45, 2.75) is 13.5 Å². The third-order valence-electron chi connectivity index (χ3n) is 3.44. The normalized spacial score (nSPS) is 10.0. The van der Waals surface area contributed by atoms with Crippen LogP contribution in [-0.2, 0) is 16.1 Å². The van der Waals surface area contributed by atoms with Gasteiger partial charge in [0.1, 0.15) is 11.4 Å². The van der Waals surface area contributed by atoms with Gasteiger partial charge in [0.2, 0.25) is 0 Å². The number of carbonyl (C=O) groups excluding carboxylic acids is 2. The molecular formula is C17H17N3O5. The SMILES string of the molecule is COc1ccccc1CNC(=O)C(=O)Nc1ccc(C)cc1[N+](=O)[O-]. The molecule has 0 aromatic heterocycles. The van der Waals surface area contributed by atoms with Gasteiger partial charge in [-0.2, -0.15) is 0 Å². The Bertz CT molecular complexity index is 820. The monoisotopic (exact) mass is 343 g/mol. The van der Waals surface area contributed by atoms with E-state index in [0.29, 0.717) is 16.9 Å². The highest BCUT2D eigenvalue weighted by molar-refractivity contribution is 6.39. The first kappa shape index (κ1) is 17.9. The maximum Gasteiger partial charge on any atom is 0.313 e. The summed E-state index contributed by atoms with van der Waals surface area (Å²) in [5, 5.41) is 15.8. The zero-order valence-electron chi connectivity index (χ0n) is 13.7. The number of nitrogens with zero attached hydrogens (tertiary/aromatic N) is 1. The van der Waals surface area contributed by atoms with E-state index in [1.807, 2.05) is 0 Å². The third kappa shape index (κ3) is 4.54. The van der Waals surface area contributed by atoms with Crippen LogP contribution in [0.1, 0.15) is 11.1 Å². The molecule has 0 atom stereocenters. The van der Waals surface area contributed by atoms with Crippen molar-refractivity contribution < 1.29 is 19.2 Å². The number of nitro benzene ring substituents is 1. The molecule has 2 N–H and O–H groups in total. The van der Waals surface area contributed by atoms with Crippen LogP contribution in [0.5, 0.6) is 5.75 Å². The van der Waals surface area contributed by atoms with Crippen molar-refractivity contribution in [1.29, 1.82) is 0 Å².